The van der Waals surface area contributed by atoms with Crippen molar-refractivity contribution in [3.05, 3.63) is 46.7 Å². The van der Waals surface area contributed by atoms with Crippen LogP contribution in [-0.4, -0.2) is 18.5 Å². The van der Waals surface area contributed by atoms with Crippen molar-refractivity contribution in [2.75, 3.05) is 6.61 Å². The summed E-state index contributed by atoms with van der Waals surface area (Å²) < 4.78 is 5.12. The Balaban J connectivity index is 2.44. The first-order valence-electron chi connectivity index (χ1n) is 6.77. The molecule has 0 fully saturated rings. The van der Waals surface area contributed by atoms with E-state index >= 15 is 0 Å². The molecule has 0 saturated heterocycles. The van der Waals surface area contributed by atoms with Crippen LogP contribution in [0.25, 0.3) is 0 Å². The summed E-state index contributed by atoms with van der Waals surface area (Å²) in [5.41, 5.74) is 3.22. The summed E-state index contributed by atoms with van der Waals surface area (Å²) in [6, 6.07) is 7.89. The van der Waals surface area contributed by atoms with Crippen molar-refractivity contribution in [3.8, 4) is 0 Å². The molecule has 1 unspecified atom stereocenters. The third-order valence-corrected chi connectivity index (χ3v) is 3.41. The predicted molar refractivity (Wildman–Crippen MR) is 76.0 cm³/mol. The molecule has 1 aromatic rings. The van der Waals surface area contributed by atoms with E-state index in [-0.39, 0.29) is 24.2 Å². The zero-order valence-electron chi connectivity index (χ0n) is 12.0. The van der Waals surface area contributed by atoms with E-state index in [0.717, 1.165) is 11.1 Å². The second-order valence-corrected chi connectivity index (χ2v) is 4.98. The molecule has 0 bridgehead atoms. The molecule has 0 radical (unpaired) electrons. The van der Waals surface area contributed by atoms with E-state index in [1.165, 1.54) is 0 Å². The lowest BCUT2D eigenvalue weighted by molar-refractivity contribution is -0.139. The lowest BCUT2D eigenvalue weighted by Gasteiger charge is -2.26. The van der Waals surface area contributed by atoms with Gasteiger partial charge >= 0.3 is 5.97 Å². The quantitative estimate of drug-likeness (QED) is 0.861. The molecule has 2 rings (SSSR count). The van der Waals surface area contributed by atoms with Gasteiger partial charge in [-0.15, -0.1) is 0 Å². The molecule has 0 spiro atoms. The van der Waals surface area contributed by atoms with Crippen LogP contribution in [0.3, 0.4) is 0 Å². The van der Waals surface area contributed by atoms with E-state index < -0.39 is 0 Å². The number of aryl methyl sites for hydroxylation is 1. The first-order valence-corrected chi connectivity index (χ1v) is 6.77. The SMILES string of the molecule is CCOC(=O)C1=C(C)NC(=O)CC1c1cccc(C)c1. The Kier molecular flexibility index (Phi) is 4.23. The highest BCUT2D eigenvalue weighted by molar-refractivity contribution is 5.95. The number of rotatable bonds is 3. The van der Waals surface area contributed by atoms with Gasteiger partial charge in [0, 0.05) is 18.0 Å². The van der Waals surface area contributed by atoms with Gasteiger partial charge in [0.15, 0.2) is 0 Å². The molecule has 1 aliphatic rings. The number of carbonyl (C=O) groups excluding carboxylic acids is 2. The Morgan fingerprint density at radius 1 is 1.40 bits per heavy atom. The average Bonchev–Trinajstić information content (AvgIpc) is 2.37. The molecule has 0 aromatic heterocycles. The van der Waals surface area contributed by atoms with E-state index in [2.05, 4.69) is 5.32 Å². The Hall–Kier alpha value is -2.10. The summed E-state index contributed by atoms with van der Waals surface area (Å²) in [7, 11) is 0. The number of allylic oxidation sites excluding steroid dienone is 1. The highest BCUT2D eigenvalue weighted by Crippen LogP contribution is 2.33. The van der Waals surface area contributed by atoms with Gasteiger partial charge in [0.1, 0.15) is 0 Å². The number of carbonyl (C=O) groups is 2. The second-order valence-electron chi connectivity index (χ2n) is 4.98. The van der Waals surface area contributed by atoms with E-state index in [1.54, 1.807) is 13.8 Å². The maximum absolute atomic E-state index is 12.2. The van der Waals surface area contributed by atoms with Crippen LogP contribution in [0.2, 0.25) is 0 Å². The van der Waals surface area contributed by atoms with Gasteiger partial charge in [-0.1, -0.05) is 29.8 Å². The molecular formula is C16H19NO3. The van der Waals surface area contributed by atoms with Crippen molar-refractivity contribution >= 4 is 11.9 Å². The summed E-state index contributed by atoms with van der Waals surface area (Å²) >= 11 is 0. The van der Waals surface area contributed by atoms with Crippen LogP contribution in [-0.2, 0) is 14.3 Å². The molecule has 0 aliphatic carbocycles. The summed E-state index contributed by atoms with van der Waals surface area (Å²) in [5, 5.41) is 2.72. The number of esters is 1. The van der Waals surface area contributed by atoms with Gasteiger partial charge < -0.3 is 10.1 Å². The molecule has 1 atom stereocenters. The van der Waals surface area contributed by atoms with Gasteiger partial charge in [-0.05, 0) is 26.3 Å². The second kappa shape index (κ2) is 5.90. The van der Waals surface area contributed by atoms with Crippen LogP contribution in [0.5, 0.6) is 0 Å². The lowest BCUT2D eigenvalue weighted by Crippen LogP contribution is -2.34. The molecular weight excluding hydrogens is 254 g/mol. The topological polar surface area (TPSA) is 55.4 Å². The molecule has 1 aromatic carbocycles. The minimum atomic E-state index is -0.350. The first-order chi connectivity index (χ1) is 9.52. The summed E-state index contributed by atoms with van der Waals surface area (Å²) in [6.07, 6.45) is 0.273. The highest BCUT2D eigenvalue weighted by atomic mass is 16.5. The smallest absolute Gasteiger partial charge is 0.336 e. The zero-order chi connectivity index (χ0) is 14.7. The van der Waals surface area contributed by atoms with Crippen LogP contribution in [0, 0.1) is 6.92 Å². The van der Waals surface area contributed by atoms with Gasteiger partial charge in [0.2, 0.25) is 5.91 Å². The van der Waals surface area contributed by atoms with E-state index in [0.29, 0.717) is 17.9 Å². The third-order valence-electron chi connectivity index (χ3n) is 3.41. The fourth-order valence-corrected chi connectivity index (χ4v) is 2.55. The molecule has 1 amide bonds. The standard InChI is InChI=1S/C16H19NO3/c1-4-20-16(19)15-11(3)17-14(18)9-13(15)12-7-5-6-10(2)8-12/h5-8,13H,4,9H2,1-3H3,(H,17,18). The molecule has 20 heavy (non-hydrogen) atoms. The van der Waals surface area contributed by atoms with Gasteiger partial charge in [0.05, 0.1) is 12.2 Å². The van der Waals surface area contributed by atoms with E-state index in [9.17, 15) is 9.59 Å². The third kappa shape index (κ3) is 2.90. The van der Waals surface area contributed by atoms with Crippen molar-refractivity contribution in [1.82, 2.24) is 5.32 Å². The van der Waals surface area contributed by atoms with Gasteiger partial charge in [0.25, 0.3) is 0 Å². The summed E-state index contributed by atoms with van der Waals surface area (Å²) in [6.45, 7) is 5.83. The fraction of sp³-hybridized carbons (Fsp3) is 0.375. The monoisotopic (exact) mass is 273 g/mol. The summed E-state index contributed by atoms with van der Waals surface area (Å²) in [5.74, 6) is -0.652. The van der Waals surface area contributed by atoms with Crippen LogP contribution < -0.4 is 5.32 Å². The maximum atomic E-state index is 12.2. The van der Waals surface area contributed by atoms with Gasteiger partial charge in [-0.3, -0.25) is 4.79 Å². The number of ether oxygens (including phenoxy) is 1. The van der Waals surface area contributed by atoms with Crippen LogP contribution in [0.15, 0.2) is 35.5 Å². The zero-order valence-corrected chi connectivity index (χ0v) is 12.0. The van der Waals surface area contributed by atoms with E-state index in [4.69, 9.17) is 4.74 Å². The average molecular weight is 273 g/mol. The molecule has 1 aliphatic heterocycles. The van der Waals surface area contributed by atoms with E-state index in [1.807, 2.05) is 31.2 Å². The van der Waals surface area contributed by atoms with Crippen LogP contribution in [0.1, 0.15) is 37.3 Å². The Bertz CT molecular complexity index is 575. The minimum absolute atomic E-state index is 0.0675. The van der Waals surface area contributed by atoms with Crippen LogP contribution in [0.4, 0.5) is 0 Å². The number of hydrogen-bond donors (Lipinski definition) is 1. The number of nitrogens with one attached hydrogen (secondary N) is 1. The van der Waals surface area contributed by atoms with Crippen molar-refractivity contribution < 1.29 is 14.3 Å². The Labute approximate surface area is 118 Å². The molecule has 4 heteroatoms. The highest BCUT2D eigenvalue weighted by Gasteiger charge is 2.32. The minimum Gasteiger partial charge on any atom is -0.463 e. The molecule has 1 heterocycles. The van der Waals surface area contributed by atoms with Gasteiger partial charge in [-0.25, -0.2) is 4.79 Å². The summed E-state index contributed by atoms with van der Waals surface area (Å²) in [4.78, 5) is 23.9. The molecule has 4 nitrogen and oxygen atoms in total. The maximum Gasteiger partial charge on any atom is 0.336 e. The fourth-order valence-electron chi connectivity index (χ4n) is 2.55. The normalized spacial score (nSPS) is 18.8. The first kappa shape index (κ1) is 14.3. The molecule has 1 N–H and O–H groups in total. The number of benzene rings is 1. The Morgan fingerprint density at radius 3 is 2.80 bits per heavy atom. The number of amides is 1. The predicted octanol–water partition coefficient (Wildman–Crippen LogP) is 2.44. The largest absolute Gasteiger partial charge is 0.463 e. The van der Waals surface area contributed by atoms with Crippen LogP contribution >= 0.6 is 0 Å². The molecule has 106 valence electrons. The lowest BCUT2D eigenvalue weighted by atomic mass is 9.84. The van der Waals surface area contributed by atoms with Crippen molar-refractivity contribution in [1.29, 1.82) is 0 Å². The van der Waals surface area contributed by atoms with Crippen molar-refractivity contribution in [3.63, 3.8) is 0 Å². The van der Waals surface area contributed by atoms with Crippen molar-refractivity contribution in [2.45, 2.75) is 33.1 Å². The Morgan fingerprint density at radius 2 is 2.15 bits per heavy atom. The number of hydrogen-bond acceptors (Lipinski definition) is 3. The van der Waals surface area contributed by atoms with Crippen molar-refractivity contribution in [2.24, 2.45) is 0 Å². The molecule has 0 saturated carbocycles. The van der Waals surface area contributed by atoms with Gasteiger partial charge in [-0.2, -0.15) is 0 Å².